The lowest BCUT2D eigenvalue weighted by molar-refractivity contribution is -0.123. The smallest absolute Gasteiger partial charge is 0.244 e. The van der Waals surface area contributed by atoms with E-state index < -0.39 is 16.1 Å². The van der Waals surface area contributed by atoms with Gasteiger partial charge in [-0.2, -0.15) is 0 Å². The van der Waals surface area contributed by atoms with Crippen LogP contribution in [0, 0.1) is 6.92 Å². The third-order valence-electron chi connectivity index (χ3n) is 6.30. The van der Waals surface area contributed by atoms with Crippen molar-refractivity contribution in [2.75, 3.05) is 10.6 Å². The molecule has 6 nitrogen and oxygen atoms in total. The molecule has 1 aliphatic rings. The Hall–Kier alpha value is -2.25. The Balaban J connectivity index is 1.95. The highest BCUT2D eigenvalue weighted by atomic mass is 35.5. The predicted octanol–water partition coefficient (Wildman–Crippen LogP) is 5.00. The average molecular weight is 479 g/mol. The summed E-state index contributed by atoms with van der Waals surface area (Å²) in [6, 6.07) is 11.4. The van der Waals surface area contributed by atoms with Crippen molar-refractivity contribution in [3.05, 3.63) is 58.6 Å². The maximum atomic E-state index is 13.4. The topological polar surface area (TPSA) is 75.7 Å². The molecule has 2 atom stereocenters. The number of sulfonamides is 1. The molecule has 1 heterocycles. The van der Waals surface area contributed by atoms with Gasteiger partial charge in [-0.05, 0) is 50.5 Å². The number of nitrogens with one attached hydrogen (secondary N) is 1. The van der Waals surface area contributed by atoms with E-state index in [0.29, 0.717) is 22.7 Å². The zero-order valence-corrected chi connectivity index (χ0v) is 20.8. The van der Waals surface area contributed by atoms with Crippen LogP contribution in [0.3, 0.4) is 0 Å². The normalized spacial score (nSPS) is 18.2. The fraction of sp³-hybridized carbons (Fsp3) is 0.458. The summed E-state index contributed by atoms with van der Waals surface area (Å²) in [6.45, 7) is 7.54. The molecule has 0 radical (unpaired) electrons. The molecule has 0 saturated carbocycles. The van der Waals surface area contributed by atoms with Crippen LogP contribution in [0.15, 0.2) is 42.5 Å². The van der Waals surface area contributed by atoms with Crippen LogP contribution in [-0.4, -0.2) is 32.2 Å². The van der Waals surface area contributed by atoms with E-state index in [2.05, 4.69) is 19.2 Å². The lowest BCUT2D eigenvalue weighted by Gasteiger charge is -2.42. The second kappa shape index (κ2) is 9.32. The van der Waals surface area contributed by atoms with Crippen LogP contribution in [0.2, 0.25) is 5.02 Å². The summed E-state index contributed by atoms with van der Waals surface area (Å²) in [7, 11) is -3.75. The van der Waals surface area contributed by atoms with Crippen LogP contribution in [0.5, 0.6) is 5.75 Å². The van der Waals surface area contributed by atoms with Crippen LogP contribution in [0.4, 0.5) is 5.69 Å². The molecule has 0 aromatic heterocycles. The Labute approximate surface area is 196 Å². The molecule has 2 aromatic rings. The summed E-state index contributed by atoms with van der Waals surface area (Å²) in [5.41, 5.74) is 1.63. The van der Waals surface area contributed by atoms with E-state index in [4.69, 9.17) is 16.3 Å². The summed E-state index contributed by atoms with van der Waals surface area (Å²) in [5, 5.41) is 3.50. The summed E-state index contributed by atoms with van der Waals surface area (Å²) in [4.78, 5) is 13.4. The van der Waals surface area contributed by atoms with E-state index in [1.807, 2.05) is 24.3 Å². The molecule has 0 bridgehead atoms. The number of benzene rings is 2. The second-order valence-electron chi connectivity index (χ2n) is 8.46. The van der Waals surface area contributed by atoms with Gasteiger partial charge in [0.05, 0.1) is 18.0 Å². The van der Waals surface area contributed by atoms with Crippen molar-refractivity contribution in [2.45, 2.75) is 64.6 Å². The van der Waals surface area contributed by atoms with Gasteiger partial charge in [-0.15, -0.1) is 0 Å². The van der Waals surface area contributed by atoms with E-state index in [9.17, 15) is 13.2 Å². The molecular formula is C24H31ClN2O4S. The third-order valence-corrected chi connectivity index (χ3v) is 7.76. The van der Waals surface area contributed by atoms with E-state index in [0.717, 1.165) is 34.7 Å². The summed E-state index contributed by atoms with van der Waals surface area (Å²) < 4.78 is 32.9. The number of anilines is 1. The van der Waals surface area contributed by atoms with Crippen molar-refractivity contribution in [1.82, 2.24) is 5.32 Å². The number of amides is 1. The van der Waals surface area contributed by atoms with E-state index >= 15 is 0 Å². The van der Waals surface area contributed by atoms with Gasteiger partial charge in [0.15, 0.2) is 0 Å². The lowest BCUT2D eigenvalue weighted by atomic mass is 9.83. The molecule has 8 heteroatoms. The van der Waals surface area contributed by atoms with Crippen LogP contribution in [0.25, 0.3) is 0 Å². The molecule has 0 spiro atoms. The predicted molar refractivity (Wildman–Crippen MR) is 129 cm³/mol. The number of carbonyl (C=O) groups excluding carboxylic acids is 1. The zero-order valence-electron chi connectivity index (χ0n) is 19.2. The van der Waals surface area contributed by atoms with Crippen molar-refractivity contribution in [1.29, 1.82) is 0 Å². The molecule has 0 saturated heterocycles. The SMILES string of the molecule is CCC1(CC)C[C@H](NC(=O)[C@@H](C)N(c2cc(Cl)ccc2C)S(C)(=O)=O)c2ccccc2O1. The largest absolute Gasteiger partial charge is 0.487 e. The fourth-order valence-electron chi connectivity index (χ4n) is 4.32. The van der Waals surface area contributed by atoms with Crippen LogP contribution >= 0.6 is 11.6 Å². The molecule has 0 aliphatic carbocycles. The van der Waals surface area contributed by atoms with Gasteiger partial charge in [0.2, 0.25) is 15.9 Å². The van der Waals surface area contributed by atoms with Gasteiger partial charge >= 0.3 is 0 Å². The van der Waals surface area contributed by atoms with Gasteiger partial charge in [0.25, 0.3) is 0 Å². The molecule has 1 N–H and O–H groups in total. The minimum atomic E-state index is -3.75. The number of hydrogen-bond acceptors (Lipinski definition) is 4. The first kappa shape index (κ1) is 24.4. The van der Waals surface area contributed by atoms with Crippen molar-refractivity contribution in [3.8, 4) is 5.75 Å². The molecule has 1 aliphatic heterocycles. The van der Waals surface area contributed by atoms with E-state index in [-0.39, 0.29) is 17.6 Å². The summed E-state index contributed by atoms with van der Waals surface area (Å²) in [5.74, 6) is 0.378. The number of para-hydroxylation sites is 1. The molecule has 32 heavy (non-hydrogen) atoms. The number of rotatable bonds is 7. The van der Waals surface area contributed by atoms with E-state index in [1.165, 1.54) is 0 Å². The number of carbonyl (C=O) groups is 1. The molecular weight excluding hydrogens is 448 g/mol. The number of halogens is 1. The van der Waals surface area contributed by atoms with Gasteiger partial charge in [-0.3, -0.25) is 9.10 Å². The Morgan fingerprint density at radius 2 is 1.91 bits per heavy atom. The Kier molecular flexibility index (Phi) is 7.10. The number of fused-ring (bicyclic) bond motifs is 1. The highest BCUT2D eigenvalue weighted by Gasteiger charge is 2.40. The maximum Gasteiger partial charge on any atom is 0.244 e. The molecule has 3 rings (SSSR count). The van der Waals surface area contributed by atoms with E-state index in [1.54, 1.807) is 32.0 Å². The van der Waals surface area contributed by atoms with Gasteiger partial charge < -0.3 is 10.1 Å². The highest BCUT2D eigenvalue weighted by Crippen LogP contribution is 2.42. The first-order chi connectivity index (χ1) is 15.0. The zero-order chi connectivity index (χ0) is 23.7. The quantitative estimate of drug-likeness (QED) is 0.607. The van der Waals surface area contributed by atoms with Crippen molar-refractivity contribution < 1.29 is 17.9 Å². The minimum absolute atomic E-state index is 0.281. The Morgan fingerprint density at radius 1 is 1.25 bits per heavy atom. The second-order valence-corrected chi connectivity index (χ2v) is 10.8. The fourth-order valence-corrected chi connectivity index (χ4v) is 5.71. The first-order valence-corrected chi connectivity index (χ1v) is 13.1. The van der Waals surface area contributed by atoms with Gasteiger partial charge in [0, 0.05) is 17.0 Å². The van der Waals surface area contributed by atoms with Crippen LogP contribution in [0.1, 0.15) is 57.2 Å². The molecule has 174 valence electrons. The molecule has 1 amide bonds. The summed E-state index contributed by atoms with van der Waals surface area (Å²) in [6.07, 6.45) is 3.32. The van der Waals surface area contributed by atoms with Crippen molar-refractivity contribution in [2.24, 2.45) is 0 Å². The number of aryl methyl sites for hydroxylation is 1. The van der Waals surface area contributed by atoms with Gasteiger partial charge in [-0.25, -0.2) is 8.42 Å². The van der Waals surface area contributed by atoms with Crippen molar-refractivity contribution in [3.63, 3.8) is 0 Å². The van der Waals surface area contributed by atoms with Crippen molar-refractivity contribution >= 4 is 33.2 Å². The number of nitrogens with zero attached hydrogens (tertiary/aromatic N) is 1. The minimum Gasteiger partial charge on any atom is -0.487 e. The first-order valence-electron chi connectivity index (χ1n) is 10.8. The lowest BCUT2D eigenvalue weighted by Crippen LogP contribution is -2.51. The molecule has 0 unspecified atom stereocenters. The van der Waals surface area contributed by atoms with Crippen LogP contribution in [-0.2, 0) is 14.8 Å². The third kappa shape index (κ3) is 4.89. The number of ether oxygens (including phenoxy) is 1. The maximum absolute atomic E-state index is 13.4. The van der Waals surface area contributed by atoms with Gasteiger partial charge in [0.1, 0.15) is 17.4 Å². The molecule has 0 fully saturated rings. The Bertz CT molecular complexity index is 1100. The molecule has 2 aromatic carbocycles. The Morgan fingerprint density at radius 3 is 2.53 bits per heavy atom. The highest BCUT2D eigenvalue weighted by molar-refractivity contribution is 7.92. The summed E-state index contributed by atoms with van der Waals surface area (Å²) >= 11 is 6.13. The standard InChI is InChI=1S/C24H31ClN2O4S/c1-6-24(7-2)15-20(19-10-8-9-11-22(19)31-24)26-23(28)17(4)27(32(5,29)30)21-14-18(25)13-12-16(21)3/h8-14,17,20H,6-7,15H2,1-5H3,(H,26,28)/t17-,20+/m1/s1. The average Bonchev–Trinajstić information content (AvgIpc) is 2.75. The number of hydrogen-bond donors (Lipinski definition) is 1. The van der Waals surface area contributed by atoms with Crippen LogP contribution < -0.4 is 14.4 Å². The monoisotopic (exact) mass is 478 g/mol. The van der Waals surface area contributed by atoms with Gasteiger partial charge in [-0.1, -0.05) is 49.7 Å².